The van der Waals surface area contributed by atoms with Crippen LogP contribution in [0.25, 0.3) is 11.3 Å². The molecule has 2 N–H and O–H groups in total. The van der Waals surface area contributed by atoms with Crippen molar-refractivity contribution in [2.24, 2.45) is 5.41 Å². The number of pyridine rings is 2. The second kappa shape index (κ2) is 9.60. The molecule has 1 fully saturated rings. The van der Waals surface area contributed by atoms with Crippen molar-refractivity contribution in [3.63, 3.8) is 0 Å². The molecule has 3 aromatic rings. The number of hydrogen-bond donors (Lipinski definition) is 2. The van der Waals surface area contributed by atoms with E-state index < -0.39 is 27.2 Å². The van der Waals surface area contributed by atoms with Gasteiger partial charge >= 0.3 is 5.97 Å². The summed E-state index contributed by atoms with van der Waals surface area (Å²) >= 11 is 12.3. The van der Waals surface area contributed by atoms with Crippen molar-refractivity contribution < 1.29 is 22.7 Å². The maximum atomic E-state index is 13.9. The van der Waals surface area contributed by atoms with Crippen LogP contribution in [0.5, 0.6) is 0 Å². The van der Waals surface area contributed by atoms with Crippen LogP contribution in [-0.2, 0) is 14.8 Å². The minimum Gasteiger partial charge on any atom is -0.481 e. The number of aliphatic carboxylic acids is 1. The molecule has 0 aliphatic carbocycles. The normalized spacial score (nSPS) is 15.6. The minimum atomic E-state index is -4.14. The zero-order valence-corrected chi connectivity index (χ0v) is 20.8. The number of aromatic nitrogens is 2. The lowest BCUT2D eigenvalue weighted by atomic mass is 9.80. The molecule has 0 bridgehead atoms. The van der Waals surface area contributed by atoms with Crippen molar-refractivity contribution >= 4 is 50.8 Å². The SMILES string of the molecule is CC1(C(=O)O)CCN(c2cccc(S(=O)(=O)Nc3ccc(Cl)c(-c4cccc(F)c4Cl)n3)n2)CC1. The number of piperidine rings is 1. The number of benzene rings is 1. The summed E-state index contributed by atoms with van der Waals surface area (Å²) in [6.07, 6.45) is 0.832. The molecule has 4 rings (SSSR count). The largest absolute Gasteiger partial charge is 0.481 e. The average molecular weight is 539 g/mol. The van der Waals surface area contributed by atoms with Gasteiger partial charge in [0.25, 0.3) is 10.0 Å². The van der Waals surface area contributed by atoms with E-state index in [-0.39, 0.29) is 32.1 Å². The lowest BCUT2D eigenvalue weighted by Gasteiger charge is -2.37. The molecule has 2 aromatic heterocycles. The Hall–Kier alpha value is -2.95. The number of nitrogens with zero attached hydrogens (tertiary/aromatic N) is 3. The van der Waals surface area contributed by atoms with Crippen molar-refractivity contribution in [2.45, 2.75) is 24.8 Å². The van der Waals surface area contributed by atoms with E-state index in [1.807, 2.05) is 4.90 Å². The standard InChI is InChI=1S/C23H21Cl2FN4O4S/c1-23(22(31)32)10-12-30(13-11-23)18-6-3-7-19(28-18)35(33,34)29-17-9-8-15(24)21(27-17)14-4-2-5-16(26)20(14)25/h2-9H,10-13H2,1H3,(H,27,29)(H,31,32). The first-order valence-corrected chi connectivity index (χ1v) is 12.8. The number of nitrogens with one attached hydrogen (secondary N) is 1. The maximum absolute atomic E-state index is 13.9. The summed E-state index contributed by atoms with van der Waals surface area (Å²) in [5, 5.41) is 9.17. The lowest BCUT2D eigenvalue weighted by molar-refractivity contribution is -0.149. The highest BCUT2D eigenvalue weighted by Gasteiger charge is 2.37. The Bertz CT molecular complexity index is 1400. The molecular formula is C23H21Cl2FN4O4S. The number of hydrogen-bond acceptors (Lipinski definition) is 6. The van der Waals surface area contributed by atoms with Gasteiger partial charge in [0, 0.05) is 18.7 Å². The average Bonchev–Trinajstić information content (AvgIpc) is 2.82. The third-order valence-corrected chi connectivity index (χ3v) is 7.93. The molecule has 0 atom stereocenters. The molecule has 1 aliphatic rings. The number of halogens is 3. The van der Waals surface area contributed by atoms with Gasteiger partial charge < -0.3 is 10.0 Å². The number of carbonyl (C=O) groups is 1. The van der Waals surface area contributed by atoms with Crippen LogP contribution in [0, 0.1) is 11.2 Å². The molecule has 0 unspecified atom stereocenters. The summed E-state index contributed by atoms with van der Waals surface area (Å²) in [5.41, 5.74) is -0.478. The van der Waals surface area contributed by atoms with Crippen LogP contribution in [0.15, 0.2) is 53.6 Å². The molecule has 0 amide bonds. The van der Waals surface area contributed by atoms with Crippen LogP contribution >= 0.6 is 23.2 Å². The maximum Gasteiger partial charge on any atom is 0.309 e. The van der Waals surface area contributed by atoms with Crippen LogP contribution < -0.4 is 9.62 Å². The molecule has 0 saturated carbocycles. The first kappa shape index (κ1) is 25.2. The van der Waals surface area contributed by atoms with Gasteiger partial charge in [0.1, 0.15) is 17.5 Å². The summed E-state index contributed by atoms with van der Waals surface area (Å²) in [6, 6.07) is 11.5. The van der Waals surface area contributed by atoms with Crippen molar-refractivity contribution in [2.75, 3.05) is 22.7 Å². The predicted molar refractivity (Wildman–Crippen MR) is 132 cm³/mol. The zero-order valence-electron chi connectivity index (χ0n) is 18.5. The van der Waals surface area contributed by atoms with Gasteiger partial charge in [-0.15, -0.1) is 0 Å². The monoisotopic (exact) mass is 538 g/mol. The Morgan fingerprint density at radius 3 is 2.46 bits per heavy atom. The van der Waals surface area contributed by atoms with Crippen LogP contribution in [0.2, 0.25) is 10.0 Å². The summed E-state index contributed by atoms with van der Waals surface area (Å²) in [4.78, 5) is 21.9. The number of carboxylic acid groups (broad SMARTS) is 1. The van der Waals surface area contributed by atoms with E-state index in [4.69, 9.17) is 23.2 Å². The molecule has 0 spiro atoms. The molecule has 1 saturated heterocycles. The van der Waals surface area contributed by atoms with Gasteiger partial charge in [-0.2, -0.15) is 8.42 Å². The van der Waals surface area contributed by atoms with Gasteiger partial charge in [-0.25, -0.2) is 14.4 Å². The van der Waals surface area contributed by atoms with Crippen molar-refractivity contribution in [3.8, 4) is 11.3 Å². The third-order valence-electron chi connectivity index (χ3n) is 5.98. The van der Waals surface area contributed by atoms with Crippen molar-refractivity contribution in [1.82, 2.24) is 9.97 Å². The van der Waals surface area contributed by atoms with E-state index in [0.29, 0.717) is 31.7 Å². The van der Waals surface area contributed by atoms with Crippen LogP contribution in [-0.4, -0.2) is 42.6 Å². The highest BCUT2D eigenvalue weighted by molar-refractivity contribution is 7.92. The highest BCUT2D eigenvalue weighted by Crippen LogP contribution is 2.35. The number of carboxylic acids is 1. The number of sulfonamides is 1. The summed E-state index contributed by atoms with van der Waals surface area (Å²) in [7, 11) is -4.14. The van der Waals surface area contributed by atoms with E-state index >= 15 is 0 Å². The molecule has 3 heterocycles. The quantitative estimate of drug-likeness (QED) is 0.449. The third kappa shape index (κ3) is 5.19. The molecule has 8 nitrogen and oxygen atoms in total. The molecule has 35 heavy (non-hydrogen) atoms. The van der Waals surface area contributed by atoms with Gasteiger partial charge in [-0.05, 0) is 50.1 Å². The van der Waals surface area contributed by atoms with Gasteiger partial charge in [0.05, 0.1) is 21.2 Å². The Morgan fingerprint density at radius 2 is 1.77 bits per heavy atom. The predicted octanol–water partition coefficient (Wildman–Crippen LogP) is 5.08. The molecule has 12 heteroatoms. The summed E-state index contributed by atoms with van der Waals surface area (Å²) in [5.74, 6) is -1.13. The van der Waals surface area contributed by atoms with Gasteiger partial charge in [0.2, 0.25) is 0 Å². The summed E-state index contributed by atoms with van der Waals surface area (Å²) in [6.45, 7) is 2.57. The number of anilines is 2. The fourth-order valence-corrected chi connectivity index (χ4v) is 5.12. The van der Waals surface area contributed by atoms with E-state index in [9.17, 15) is 22.7 Å². The minimum absolute atomic E-state index is 0.0490. The first-order chi connectivity index (χ1) is 16.5. The Labute approximate surface area is 211 Å². The van der Waals surface area contributed by atoms with Crippen LogP contribution in [0.3, 0.4) is 0 Å². The van der Waals surface area contributed by atoms with Crippen LogP contribution in [0.4, 0.5) is 16.0 Å². The highest BCUT2D eigenvalue weighted by atomic mass is 35.5. The van der Waals surface area contributed by atoms with E-state index in [2.05, 4.69) is 14.7 Å². The topological polar surface area (TPSA) is 112 Å². The fourth-order valence-electron chi connectivity index (χ4n) is 3.74. The van der Waals surface area contributed by atoms with Gasteiger partial charge in [0.15, 0.2) is 5.03 Å². The van der Waals surface area contributed by atoms with E-state index in [1.54, 1.807) is 19.1 Å². The van der Waals surface area contributed by atoms with Crippen molar-refractivity contribution in [3.05, 3.63) is 64.4 Å². The molecule has 184 valence electrons. The van der Waals surface area contributed by atoms with Crippen molar-refractivity contribution in [1.29, 1.82) is 0 Å². The zero-order chi connectivity index (χ0) is 25.4. The van der Waals surface area contributed by atoms with E-state index in [0.717, 1.165) is 0 Å². The van der Waals surface area contributed by atoms with Crippen LogP contribution in [0.1, 0.15) is 19.8 Å². The van der Waals surface area contributed by atoms with Gasteiger partial charge in [-0.1, -0.05) is 41.4 Å². The smallest absolute Gasteiger partial charge is 0.309 e. The number of rotatable bonds is 6. The molecule has 1 aromatic carbocycles. The Morgan fingerprint density at radius 1 is 1.09 bits per heavy atom. The molecular weight excluding hydrogens is 518 g/mol. The first-order valence-electron chi connectivity index (χ1n) is 10.6. The van der Waals surface area contributed by atoms with Gasteiger partial charge in [-0.3, -0.25) is 9.52 Å². The molecule has 0 radical (unpaired) electrons. The summed E-state index contributed by atoms with van der Waals surface area (Å²) < 4.78 is 42.4. The Balaban J connectivity index is 1.58. The Kier molecular flexibility index (Phi) is 6.90. The second-order valence-corrected chi connectivity index (χ2v) is 10.8. The fraction of sp³-hybridized carbons (Fsp3) is 0.261. The van der Waals surface area contributed by atoms with E-state index in [1.165, 1.54) is 36.4 Å². The molecule has 1 aliphatic heterocycles. The second-order valence-electron chi connectivity index (χ2n) is 8.42. The lowest BCUT2D eigenvalue weighted by Crippen LogP contribution is -2.43.